The van der Waals surface area contributed by atoms with E-state index in [0.29, 0.717) is 18.0 Å². The number of nitrogens with zero attached hydrogens (tertiary/aromatic N) is 3. The van der Waals surface area contributed by atoms with Crippen LogP contribution in [0.5, 0.6) is 0 Å². The van der Waals surface area contributed by atoms with Crippen LogP contribution in [0.2, 0.25) is 0 Å². The Bertz CT molecular complexity index is 330. The van der Waals surface area contributed by atoms with Crippen LogP contribution in [0.25, 0.3) is 0 Å². The molecule has 1 saturated heterocycles. The molecule has 1 rings (SSSR count). The molecule has 1 aliphatic rings. The zero-order valence-electron chi connectivity index (χ0n) is 15.6. The fourth-order valence-electron chi connectivity index (χ4n) is 3.24. The van der Waals surface area contributed by atoms with E-state index in [1.54, 1.807) is 0 Å². The molecule has 0 aromatic heterocycles. The largest absolute Gasteiger partial charge is 0.337 e. The first-order chi connectivity index (χ1) is 10.3. The van der Waals surface area contributed by atoms with Gasteiger partial charge in [0.2, 0.25) is 5.91 Å². The standard InChI is InChI=1S/C18H37N3O/c1-15(2)18(22)21-14-16(3)20(13-17(21)4)12-10-8-7-9-11-19(5)6/h15-17H,7-14H2,1-6H3. The van der Waals surface area contributed by atoms with Crippen molar-refractivity contribution in [3.63, 3.8) is 0 Å². The third-order valence-corrected chi connectivity index (χ3v) is 4.69. The van der Waals surface area contributed by atoms with Gasteiger partial charge in [-0.3, -0.25) is 9.69 Å². The molecule has 0 saturated carbocycles. The average Bonchev–Trinajstić information content (AvgIpc) is 2.44. The highest BCUT2D eigenvalue weighted by Crippen LogP contribution is 2.18. The minimum atomic E-state index is 0.109. The van der Waals surface area contributed by atoms with Gasteiger partial charge in [-0.1, -0.05) is 26.7 Å². The summed E-state index contributed by atoms with van der Waals surface area (Å²) in [5.41, 5.74) is 0. The third kappa shape index (κ3) is 6.25. The predicted octanol–water partition coefficient (Wildman–Crippen LogP) is 2.69. The maximum Gasteiger partial charge on any atom is 0.225 e. The minimum absolute atomic E-state index is 0.109. The second-order valence-electron chi connectivity index (χ2n) is 7.56. The first kappa shape index (κ1) is 19.4. The summed E-state index contributed by atoms with van der Waals surface area (Å²) in [6, 6.07) is 0.834. The van der Waals surface area contributed by atoms with E-state index >= 15 is 0 Å². The summed E-state index contributed by atoms with van der Waals surface area (Å²) >= 11 is 0. The Morgan fingerprint density at radius 3 is 2.27 bits per heavy atom. The second kappa shape index (κ2) is 9.51. The molecule has 1 heterocycles. The molecule has 4 nitrogen and oxygen atoms in total. The van der Waals surface area contributed by atoms with Crippen molar-refractivity contribution < 1.29 is 4.79 Å². The summed E-state index contributed by atoms with van der Waals surface area (Å²) in [5, 5.41) is 0. The molecule has 0 aromatic rings. The van der Waals surface area contributed by atoms with Crippen molar-refractivity contribution in [3.8, 4) is 0 Å². The van der Waals surface area contributed by atoms with Gasteiger partial charge in [0.25, 0.3) is 0 Å². The Morgan fingerprint density at radius 1 is 1.05 bits per heavy atom. The predicted molar refractivity (Wildman–Crippen MR) is 94.1 cm³/mol. The van der Waals surface area contributed by atoms with E-state index in [4.69, 9.17) is 0 Å². The molecule has 0 bridgehead atoms. The van der Waals surface area contributed by atoms with Crippen molar-refractivity contribution in [3.05, 3.63) is 0 Å². The monoisotopic (exact) mass is 311 g/mol. The van der Waals surface area contributed by atoms with Gasteiger partial charge in [0.15, 0.2) is 0 Å². The van der Waals surface area contributed by atoms with E-state index in [1.807, 2.05) is 13.8 Å². The maximum absolute atomic E-state index is 12.3. The van der Waals surface area contributed by atoms with Gasteiger partial charge in [0, 0.05) is 31.1 Å². The lowest BCUT2D eigenvalue weighted by Gasteiger charge is -2.44. The normalized spacial score (nSPS) is 23.5. The van der Waals surface area contributed by atoms with Gasteiger partial charge in [0.1, 0.15) is 0 Å². The number of carbonyl (C=O) groups excluding carboxylic acids is 1. The first-order valence-corrected chi connectivity index (χ1v) is 9.02. The lowest BCUT2D eigenvalue weighted by molar-refractivity contribution is -0.140. The van der Waals surface area contributed by atoms with Gasteiger partial charge >= 0.3 is 0 Å². The van der Waals surface area contributed by atoms with E-state index in [-0.39, 0.29) is 5.92 Å². The Kier molecular flexibility index (Phi) is 8.40. The van der Waals surface area contributed by atoms with Gasteiger partial charge in [-0.15, -0.1) is 0 Å². The Labute approximate surface area is 137 Å². The van der Waals surface area contributed by atoms with E-state index in [0.717, 1.165) is 13.1 Å². The molecule has 4 heteroatoms. The molecule has 0 aromatic carbocycles. The number of unbranched alkanes of at least 4 members (excludes halogenated alkanes) is 3. The molecular formula is C18H37N3O. The summed E-state index contributed by atoms with van der Waals surface area (Å²) in [6.07, 6.45) is 5.23. The Balaban J connectivity index is 2.28. The van der Waals surface area contributed by atoms with Crippen LogP contribution in [0.3, 0.4) is 0 Å². The fraction of sp³-hybridized carbons (Fsp3) is 0.944. The zero-order chi connectivity index (χ0) is 16.7. The van der Waals surface area contributed by atoms with Gasteiger partial charge in [-0.2, -0.15) is 0 Å². The van der Waals surface area contributed by atoms with E-state index in [1.165, 1.54) is 38.8 Å². The molecule has 2 unspecified atom stereocenters. The van der Waals surface area contributed by atoms with Gasteiger partial charge in [-0.05, 0) is 53.9 Å². The lowest BCUT2D eigenvalue weighted by atomic mass is 10.0. The van der Waals surface area contributed by atoms with Crippen LogP contribution in [0, 0.1) is 5.92 Å². The van der Waals surface area contributed by atoms with Crippen LogP contribution < -0.4 is 0 Å². The molecule has 22 heavy (non-hydrogen) atoms. The molecule has 0 spiro atoms. The van der Waals surface area contributed by atoms with Crippen molar-refractivity contribution in [1.29, 1.82) is 0 Å². The third-order valence-electron chi connectivity index (χ3n) is 4.69. The fourth-order valence-corrected chi connectivity index (χ4v) is 3.24. The van der Waals surface area contributed by atoms with E-state index in [9.17, 15) is 4.79 Å². The highest BCUT2D eigenvalue weighted by Gasteiger charge is 2.32. The van der Waals surface area contributed by atoms with E-state index in [2.05, 4.69) is 42.6 Å². The van der Waals surface area contributed by atoms with Gasteiger partial charge < -0.3 is 9.80 Å². The van der Waals surface area contributed by atoms with E-state index < -0.39 is 0 Å². The molecule has 1 amide bonds. The minimum Gasteiger partial charge on any atom is -0.337 e. The number of amides is 1. The first-order valence-electron chi connectivity index (χ1n) is 9.02. The Morgan fingerprint density at radius 2 is 1.68 bits per heavy atom. The van der Waals surface area contributed by atoms with Crippen LogP contribution in [0.1, 0.15) is 53.4 Å². The van der Waals surface area contributed by atoms with Crippen LogP contribution in [-0.4, -0.2) is 73.0 Å². The van der Waals surface area contributed by atoms with Crippen LogP contribution in [0.15, 0.2) is 0 Å². The molecule has 0 aliphatic carbocycles. The Hall–Kier alpha value is -0.610. The summed E-state index contributed by atoms with van der Waals surface area (Å²) < 4.78 is 0. The number of hydrogen-bond donors (Lipinski definition) is 0. The number of carbonyl (C=O) groups is 1. The van der Waals surface area contributed by atoms with Crippen molar-refractivity contribution in [1.82, 2.24) is 14.7 Å². The molecule has 1 fully saturated rings. The highest BCUT2D eigenvalue weighted by atomic mass is 16.2. The topological polar surface area (TPSA) is 26.8 Å². The molecule has 0 N–H and O–H groups in total. The van der Waals surface area contributed by atoms with Crippen molar-refractivity contribution in [2.24, 2.45) is 5.92 Å². The lowest BCUT2D eigenvalue weighted by Crippen LogP contribution is -2.58. The number of piperazine rings is 1. The average molecular weight is 312 g/mol. The molecule has 2 atom stereocenters. The zero-order valence-corrected chi connectivity index (χ0v) is 15.6. The number of hydrogen-bond acceptors (Lipinski definition) is 3. The smallest absolute Gasteiger partial charge is 0.225 e. The summed E-state index contributed by atoms with van der Waals surface area (Å²) in [5.74, 6) is 0.417. The number of rotatable bonds is 8. The van der Waals surface area contributed by atoms with Crippen molar-refractivity contribution >= 4 is 5.91 Å². The van der Waals surface area contributed by atoms with Crippen LogP contribution in [-0.2, 0) is 4.79 Å². The van der Waals surface area contributed by atoms with Crippen LogP contribution >= 0.6 is 0 Å². The molecular weight excluding hydrogens is 274 g/mol. The van der Waals surface area contributed by atoms with Crippen molar-refractivity contribution in [2.45, 2.75) is 65.5 Å². The molecule has 130 valence electrons. The second-order valence-corrected chi connectivity index (χ2v) is 7.56. The maximum atomic E-state index is 12.3. The van der Waals surface area contributed by atoms with Gasteiger partial charge in [-0.25, -0.2) is 0 Å². The SMILES string of the molecule is CC(C)C(=O)N1CC(C)N(CCCCCCN(C)C)CC1C. The van der Waals surface area contributed by atoms with Crippen molar-refractivity contribution in [2.75, 3.05) is 40.3 Å². The van der Waals surface area contributed by atoms with Gasteiger partial charge in [0.05, 0.1) is 0 Å². The molecule has 0 radical (unpaired) electrons. The summed E-state index contributed by atoms with van der Waals surface area (Å²) in [4.78, 5) is 19.2. The summed E-state index contributed by atoms with van der Waals surface area (Å²) in [6.45, 7) is 12.7. The molecule has 1 aliphatic heterocycles. The van der Waals surface area contributed by atoms with Crippen LogP contribution in [0.4, 0.5) is 0 Å². The summed E-state index contributed by atoms with van der Waals surface area (Å²) in [7, 11) is 4.28. The highest BCUT2D eigenvalue weighted by molar-refractivity contribution is 5.78. The quantitative estimate of drug-likeness (QED) is 0.645.